The highest BCUT2D eigenvalue weighted by Crippen LogP contribution is 2.48. The van der Waals surface area contributed by atoms with Crippen LogP contribution >= 0.6 is 0 Å². The zero-order chi connectivity index (χ0) is 9.76. The Labute approximate surface area is 80.0 Å². The molecule has 1 aliphatic carbocycles. The van der Waals surface area contributed by atoms with Crippen LogP contribution in [-0.4, -0.2) is 5.11 Å². The van der Waals surface area contributed by atoms with Gasteiger partial charge in [-0.2, -0.15) is 0 Å². The lowest BCUT2D eigenvalue weighted by Gasteiger charge is -2.09. The molecule has 0 unspecified atom stereocenters. The summed E-state index contributed by atoms with van der Waals surface area (Å²) in [7, 11) is 0. The summed E-state index contributed by atoms with van der Waals surface area (Å²) in [6.07, 6.45) is 2.78. The van der Waals surface area contributed by atoms with Crippen LogP contribution in [0.1, 0.15) is 18.4 Å². The highest BCUT2D eigenvalue weighted by atomic mass is 19.1. The Hall–Kier alpha value is -1.35. The third kappa shape index (κ3) is 0.930. The first kappa shape index (κ1) is 8.00. The fourth-order valence-corrected chi connectivity index (χ4v) is 1.86. The number of benzene rings is 1. The Bertz CT molecular complexity index is 497. The Morgan fingerprint density at radius 3 is 2.79 bits per heavy atom. The standard InChI is InChI=1S/C11H9FO2/c12-8-1-2-9-7(3-6-14-9)10(8)11(13)4-5-11/h1-3,6,13H,4-5H2. The fraction of sp³-hybridized carbons (Fsp3) is 0.273. The molecular formula is C11H9FO2. The molecule has 0 saturated heterocycles. The number of halogens is 1. The summed E-state index contributed by atoms with van der Waals surface area (Å²) in [6, 6.07) is 4.63. The monoisotopic (exact) mass is 192 g/mol. The van der Waals surface area contributed by atoms with Gasteiger partial charge in [0.1, 0.15) is 11.4 Å². The lowest BCUT2D eigenvalue weighted by molar-refractivity contribution is 0.148. The van der Waals surface area contributed by atoms with Gasteiger partial charge < -0.3 is 9.52 Å². The molecular weight excluding hydrogens is 183 g/mol. The van der Waals surface area contributed by atoms with Crippen molar-refractivity contribution in [1.29, 1.82) is 0 Å². The van der Waals surface area contributed by atoms with E-state index in [0.29, 0.717) is 29.4 Å². The van der Waals surface area contributed by atoms with E-state index in [2.05, 4.69) is 0 Å². The van der Waals surface area contributed by atoms with Crippen molar-refractivity contribution in [1.82, 2.24) is 0 Å². The van der Waals surface area contributed by atoms with Gasteiger partial charge in [-0.05, 0) is 31.0 Å². The van der Waals surface area contributed by atoms with Crippen molar-refractivity contribution in [3.63, 3.8) is 0 Å². The van der Waals surface area contributed by atoms with Crippen LogP contribution in [0, 0.1) is 5.82 Å². The molecule has 3 rings (SSSR count). The van der Waals surface area contributed by atoms with Crippen molar-refractivity contribution in [3.05, 3.63) is 35.8 Å². The van der Waals surface area contributed by atoms with Crippen LogP contribution in [0.25, 0.3) is 11.0 Å². The molecule has 72 valence electrons. The van der Waals surface area contributed by atoms with Gasteiger partial charge in [0, 0.05) is 10.9 Å². The van der Waals surface area contributed by atoms with E-state index in [4.69, 9.17) is 4.42 Å². The number of hydrogen-bond acceptors (Lipinski definition) is 2. The average Bonchev–Trinajstić information content (AvgIpc) is 2.74. The van der Waals surface area contributed by atoms with E-state index < -0.39 is 5.60 Å². The molecule has 14 heavy (non-hydrogen) atoms. The number of rotatable bonds is 1. The zero-order valence-electron chi connectivity index (χ0n) is 7.46. The Balaban J connectivity index is 2.38. The number of aliphatic hydroxyl groups is 1. The molecule has 3 heteroatoms. The summed E-state index contributed by atoms with van der Waals surface area (Å²) < 4.78 is 18.7. The average molecular weight is 192 g/mol. The molecule has 1 saturated carbocycles. The van der Waals surface area contributed by atoms with Crippen molar-refractivity contribution in [2.45, 2.75) is 18.4 Å². The SMILES string of the molecule is OC1(c2c(F)ccc3occc23)CC1. The molecule has 0 atom stereocenters. The topological polar surface area (TPSA) is 33.4 Å². The molecule has 1 aromatic carbocycles. The minimum absolute atomic E-state index is 0.348. The molecule has 2 aromatic rings. The highest BCUT2D eigenvalue weighted by Gasteiger charge is 2.45. The fourth-order valence-electron chi connectivity index (χ4n) is 1.86. The van der Waals surface area contributed by atoms with Crippen LogP contribution in [0.2, 0.25) is 0 Å². The number of hydrogen-bond donors (Lipinski definition) is 1. The third-order valence-electron chi connectivity index (χ3n) is 2.77. The largest absolute Gasteiger partial charge is 0.464 e. The predicted octanol–water partition coefficient (Wildman–Crippen LogP) is 2.55. The maximum atomic E-state index is 13.5. The smallest absolute Gasteiger partial charge is 0.134 e. The summed E-state index contributed by atoms with van der Waals surface area (Å²) in [5.74, 6) is -0.348. The van der Waals surface area contributed by atoms with E-state index >= 15 is 0 Å². The summed E-state index contributed by atoms with van der Waals surface area (Å²) in [5.41, 5.74) is 0.0680. The van der Waals surface area contributed by atoms with Gasteiger partial charge in [-0.1, -0.05) is 0 Å². The normalized spacial score (nSPS) is 18.7. The second kappa shape index (κ2) is 2.36. The van der Waals surface area contributed by atoms with Gasteiger partial charge in [0.15, 0.2) is 0 Å². The first-order valence-corrected chi connectivity index (χ1v) is 4.59. The molecule has 0 aliphatic heterocycles. The van der Waals surface area contributed by atoms with Crippen molar-refractivity contribution >= 4 is 11.0 Å². The predicted molar refractivity (Wildman–Crippen MR) is 49.3 cm³/mol. The van der Waals surface area contributed by atoms with E-state index in [-0.39, 0.29) is 5.82 Å². The van der Waals surface area contributed by atoms with E-state index in [1.807, 2.05) is 0 Å². The summed E-state index contributed by atoms with van der Waals surface area (Å²) >= 11 is 0. The van der Waals surface area contributed by atoms with Gasteiger partial charge in [-0.15, -0.1) is 0 Å². The van der Waals surface area contributed by atoms with Crippen LogP contribution in [0.5, 0.6) is 0 Å². The molecule has 1 fully saturated rings. The van der Waals surface area contributed by atoms with Gasteiger partial charge in [-0.25, -0.2) is 4.39 Å². The van der Waals surface area contributed by atoms with Gasteiger partial charge in [0.2, 0.25) is 0 Å². The van der Waals surface area contributed by atoms with Crippen LogP contribution in [0.15, 0.2) is 28.9 Å². The van der Waals surface area contributed by atoms with Crippen LogP contribution in [0.3, 0.4) is 0 Å². The van der Waals surface area contributed by atoms with Gasteiger partial charge in [0.25, 0.3) is 0 Å². The lowest BCUT2D eigenvalue weighted by Crippen LogP contribution is -2.07. The summed E-state index contributed by atoms with van der Waals surface area (Å²) in [4.78, 5) is 0. The van der Waals surface area contributed by atoms with Crippen molar-refractivity contribution < 1.29 is 13.9 Å². The van der Waals surface area contributed by atoms with Crippen LogP contribution in [-0.2, 0) is 5.60 Å². The number of fused-ring (bicyclic) bond motifs is 1. The van der Waals surface area contributed by atoms with Crippen LogP contribution in [0.4, 0.5) is 4.39 Å². The molecule has 2 nitrogen and oxygen atoms in total. The van der Waals surface area contributed by atoms with Crippen molar-refractivity contribution in [2.75, 3.05) is 0 Å². The van der Waals surface area contributed by atoms with Gasteiger partial charge in [0.05, 0.1) is 11.9 Å². The summed E-state index contributed by atoms with van der Waals surface area (Å²) in [6.45, 7) is 0. The molecule has 0 amide bonds. The Morgan fingerprint density at radius 1 is 1.29 bits per heavy atom. The Morgan fingerprint density at radius 2 is 2.07 bits per heavy atom. The molecule has 1 heterocycles. The van der Waals surface area contributed by atoms with Crippen molar-refractivity contribution in [2.24, 2.45) is 0 Å². The highest BCUT2D eigenvalue weighted by molar-refractivity contribution is 5.82. The second-order valence-electron chi connectivity index (χ2n) is 3.79. The minimum atomic E-state index is -0.951. The van der Waals surface area contributed by atoms with Crippen molar-refractivity contribution in [3.8, 4) is 0 Å². The third-order valence-corrected chi connectivity index (χ3v) is 2.77. The first-order chi connectivity index (χ1) is 6.71. The maximum Gasteiger partial charge on any atom is 0.134 e. The quantitative estimate of drug-likeness (QED) is 0.753. The number of furan rings is 1. The van der Waals surface area contributed by atoms with Gasteiger partial charge in [-0.3, -0.25) is 0 Å². The van der Waals surface area contributed by atoms with Crippen LogP contribution < -0.4 is 0 Å². The molecule has 1 aromatic heterocycles. The lowest BCUT2D eigenvalue weighted by atomic mass is 10.0. The molecule has 1 aliphatic rings. The zero-order valence-corrected chi connectivity index (χ0v) is 7.46. The first-order valence-electron chi connectivity index (χ1n) is 4.59. The maximum absolute atomic E-state index is 13.5. The molecule has 0 bridgehead atoms. The minimum Gasteiger partial charge on any atom is -0.464 e. The van der Waals surface area contributed by atoms with E-state index in [1.54, 1.807) is 12.1 Å². The molecule has 1 N–H and O–H groups in total. The van der Waals surface area contributed by atoms with Gasteiger partial charge >= 0.3 is 0 Å². The molecule has 0 spiro atoms. The van der Waals surface area contributed by atoms with E-state index in [0.717, 1.165) is 0 Å². The van der Waals surface area contributed by atoms with E-state index in [9.17, 15) is 9.50 Å². The molecule has 0 radical (unpaired) electrons. The van der Waals surface area contributed by atoms with E-state index in [1.165, 1.54) is 12.3 Å². The second-order valence-corrected chi connectivity index (χ2v) is 3.79. The Kier molecular flexibility index (Phi) is 1.35. The summed E-state index contributed by atoms with van der Waals surface area (Å²) in [5, 5.41) is 10.6.